The van der Waals surface area contributed by atoms with Crippen molar-refractivity contribution in [3.63, 3.8) is 0 Å². The summed E-state index contributed by atoms with van der Waals surface area (Å²) in [7, 11) is 0. The number of aliphatic hydroxyl groups excluding tert-OH is 1. The van der Waals surface area contributed by atoms with Crippen molar-refractivity contribution in [3.8, 4) is 11.1 Å². The SMILES string of the molecule is CSc1ccc(-c2cccc(C=Cc3cc(CNC(C)(CO)C(=O)O)ccc3C)c2C)cc1. The lowest BCUT2D eigenvalue weighted by Gasteiger charge is -2.24. The van der Waals surface area contributed by atoms with Crippen molar-refractivity contribution in [1.82, 2.24) is 5.32 Å². The minimum absolute atomic E-state index is 0.352. The molecule has 33 heavy (non-hydrogen) atoms. The Bertz CT molecular complexity index is 1150. The summed E-state index contributed by atoms with van der Waals surface area (Å²) in [5.74, 6) is -1.07. The van der Waals surface area contributed by atoms with Gasteiger partial charge in [0, 0.05) is 11.4 Å². The van der Waals surface area contributed by atoms with E-state index in [1.165, 1.54) is 28.5 Å². The van der Waals surface area contributed by atoms with Gasteiger partial charge < -0.3 is 10.2 Å². The Labute approximate surface area is 200 Å². The van der Waals surface area contributed by atoms with Crippen LogP contribution in [0.4, 0.5) is 0 Å². The Morgan fingerprint density at radius 2 is 1.73 bits per heavy atom. The van der Waals surface area contributed by atoms with Crippen molar-refractivity contribution >= 4 is 29.9 Å². The summed E-state index contributed by atoms with van der Waals surface area (Å²) in [6.45, 7) is 5.56. The number of nitrogens with one attached hydrogen (secondary N) is 1. The van der Waals surface area contributed by atoms with Crippen LogP contribution >= 0.6 is 11.8 Å². The molecule has 0 bridgehead atoms. The van der Waals surface area contributed by atoms with E-state index in [4.69, 9.17) is 0 Å². The number of benzene rings is 3. The summed E-state index contributed by atoms with van der Waals surface area (Å²) in [4.78, 5) is 12.7. The molecular weight excluding hydrogens is 430 g/mol. The van der Waals surface area contributed by atoms with Gasteiger partial charge in [0.05, 0.1) is 6.61 Å². The Kier molecular flexibility index (Phi) is 8.14. The van der Waals surface area contributed by atoms with Crippen LogP contribution in [0.5, 0.6) is 0 Å². The number of carbonyl (C=O) groups is 1. The Balaban J connectivity index is 1.83. The number of hydrogen-bond acceptors (Lipinski definition) is 4. The average Bonchev–Trinajstić information content (AvgIpc) is 2.83. The maximum atomic E-state index is 11.4. The predicted octanol–water partition coefficient (Wildman–Crippen LogP) is 5.79. The minimum atomic E-state index is -1.37. The second kappa shape index (κ2) is 10.8. The van der Waals surface area contributed by atoms with Gasteiger partial charge in [0.15, 0.2) is 0 Å². The van der Waals surface area contributed by atoms with E-state index in [1.807, 2.05) is 12.1 Å². The second-order valence-electron chi connectivity index (χ2n) is 8.42. The van der Waals surface area contributed by atoms with Gasteiger partial charge in [0.1, 0.15) is 5.54 Å². The summed E-state index contributed by atoms with van der Waals surface area (Å²) < 4.78 is 0. The third kappa shape index (κ3) is 5.93. The molecule has 0 spiro atoms. The van der Waals surface area contributed by atoms with Crippen LogP contribution in [0.15, 0.2) is 65.6 Å². The molecule has 0 amide bonds. The van der Waals surface area contributed by atoms with Gasteiger partial charge in [0.25, 0.3) is 0 Å². The number of aryl methyl sites for hydroxylation is 1. The lowest BCUT2D eigenvalue weighted by atomic mass is 9.95. The lowest BCUT2D eigenvalue weighted by Crippen LogP contribution is -2.52. The fourth-order valence-electron chi connectivity index (χ4n) is 3.57. The Morgan fingerprint density at radius 1 is 1.03 bits per heavy atom. The van der Waals surface area contributed by atoms with Crippen LogP contribution in [0, 0.1) is 13.8 Å². The predicted molar refractivity (Wildman–Crippen MR) is 138 cm³/mol. The molecule has 172 valence electrons. The summed E-state index contributed by atoms with van der Waals surface area (Å²) in [6, 6.07) is 21.0. The molecule has 1 unspecified atom stereocenters. The van der Waals surface area contributed by atoms with Crippen molar-refractivity contribution < 1.29 is 15.0 Å². The highest BCUT2D eigenvalue weighted by Crippen LogP contribution is 2.29. The van der Waals surface area contributed by atoms with Gasteiger partial charge >= 0.3 is 5.97 Å². The zero-order chi connectivity index (χ0) is 24.0. The first-order chi connectivity index (χ1) is 15.8. The monoisotopic (exact) mass is 461 g/mol. The number of aliphatic carboxylic acids is 1. The highest BCUT2D eigenvalue weighted by Gasteiger charge is 2.31. The molecule has 5 heteroatoms. The third-order valence-electron chi connectivity index (χ3n) is 6.03. The fourth-order valence-corrected chi connectivity index (χ4v) is 3.98. The first-order valence-corrected chi connectivity index (χ1v) is 12.1. The molecule has 4 nitrogen and oxygen atoms in total. The smallest absolute Gasteiger partial charge is 0.326 e. The van der Waals surface area contributed by atoms with E-state index < -0.39 is 18.1 Å². The molecule has 0 aromatic heterocycles. The van der Waals surface area contributed by atoms with E-state index in [9.17, 15) is 15.0 Å². The zero-order valence-corrected chi connectivity index (χ0v) is 20.4. The van der Waals surface area contributed by atoms with Gasteiger partial charge in [-0.25, -0.2) is 0 Å². The van der Waals surface area contributed by atoms with Crippen LogP contribution in [-0.4, -0.2) is 34.6 Å². The second-order valence-corrected chi connectivity index (χ2v) is 9.30. The first-order valence-electron chi connectivity index (χ1n) is 10.9. The molecule has 3 aromatic carbocycles. The third-order valence-corrected chi connectivity index (χ3v) is 6.78. The number of thioether (sulfide) groups is 1. The topological polar surface area (TPSA) is 69.6 Å². The maximum absolute atomic E-state index is 11.4. The van der Waals surface area contributed by atoms with Crippen molar-refractivity contribution in [1.29, 1.82) is 0 Å². The van der Waals surface area contributed by atoms with E-state index in [0.29, 0.717) is 6.54 Å². The quantitative estimate of drug-likeness (QED) is 0.278. The first kappa shape index (κ1) is 24.8. The van der Waals surface area contributed by atoms with Crippen LogP contribution in [0.3, 0.4) is 0 Å². The summed E-state index contributed by atoms with van der Waals surface area (Å²) in [5, 5.41) is 21.7. The van der Waals surface area contributed by atoms with Crippen LogP contribution in [0.25, 0.3) is 23.3 Å². The lowest BCUT2D eigenvalue weighted by molar-refractivity contribution is -0.145. The molecule has 0 aliphatic heterocycles. The van der Waals surface area contributed by atoms with Crippen molar-refractivity contribution in [2.45, 2.75) is 37.8 Å². The zero-order valence-electron chi connectivity index (χ0n) is 19.6. The Morgan fingerprint density at radius 3 is 2.36 bits per heavy atom. The molecule has 3 aromatic rings. The minimum Gasteiger partial charge on any atom is -0.480 e. The summed E-state index contributed by atoms with van der Waals surface area (Å²) in [5.41, 5.74) is 6.60. The average molecular weight is 462 g/mol. The number of hydrogen-bond donors (Lipinski definition) is 3. The van der Waals surface area contributed by atoms with E-state index in [2.05, 4.69) is 86.1 Å². The van der Waals surface area contributed by atoms with Gasteiger partial charge in [-0.05, 0) is 78.1 Å². The molecule has 0 saturated heterocycles. The summed E-state index contributed by atoms with van der Waals surface area (Å²) in [6.07, 6.45) is 6.31. The summed E-state index contributed by atoms with van der Waals surface area (Å²) >= 11 is 1.74. The molecule has 0 heterocycles. The number of carboxylic acid groups (broad SMARTS) is 1. The van der Waals surface area contributed by atoms with Crippen molar-refractivity contribution in [2.75, 3.05) is 12.9 Å². The molecular formula is C28H31NO3S. The molecule has 1 atom stereocenters. The van der Waals surface area contributed by atoms with Gasteiger partial charge in [-0.3, -0.25) is 10.1 Å². The van der Waals surface area contributed by atoms with E-state index in [-0.39, 0.29) is 0 Å². The van der Waals surface area contributed by atoms with E-state index in [0.717, 1.165) is 22.3 Å². The van der Waals surface area contributed by atoms with E-state index >= 15 is 0 Å². The van der Waals surface area contributed by atoms with Crippen LogP contribution in [-0.2, 0) is 11.3 Å². The van der Waals surface area contributed by atoms with Crippen LogP contribution < -0.4 is 5.32 Å². The van der Waals surface area contributed by atoms with Gasteiger partial charge in [-0.1, -0.05) is 60.7 Å². The Hall–Kier alpha value is -2.86. The molecule has 0 fully saturated rings. The molecule has 3 N–H and O–H groups in total. The van der Waals surface area contributed by atoms with Crippen molar-refractivity contribution in [3.05, 3.63) is 88.5 Å². The standard InChI is InChI=1S/C28H31NO3S/c1-19-8-9-21(17-29-28(3,18-30)27(31)32)16-24(19)11-10-22-6-5-7-26(20(22)2)23-12-14-25(33-4)15-13-23/h5-16,29-30H,17-18H2,1-4H3,(H,31,32). The molecule has 0 aliphatic rings. The van der Waals surface area contributed by atoms with Crippen LogP contribution in [0.2, 0.25) is 0 Å². The normalized spacial score (nSPS) is 13.2. The number of aliphatic hydroxyl groups is 1. The van der Waals surface area contributed by atoms with Gasteiger partial charge in [-0.15, -0.1) is 11.8 Å². The van der Waals surface area contributed by atoms with Gasteiger partial charge in [-0.2, -0.15) is 0 Å². The largest absolute Gasteiger partial charge is 0.480 e. The maximum Gasteiger partial charge on any atom is 0.326 e. The van der Waals surface area contributed by atoms with Crippen LogP contribution in [0.1, 0.15) is 34.7 Å². The van der Waals surface area contributed by atoms with Crippen molar-refractivity contribution in [2.24, 2.45) is 0 Å². The number of rotatable bonds is 9. The highest BCUT2D eigenvalue weighted by molar-refractivity contribution is 7.98. The molecule has 0 aliphatic carbocycles. The molecule has 3 rings (SSSR count). The number of carboxylic acids is 1. The molecule has 0 radical (unpaired) electrons. The molecule has 0 saturated carbocycles. The van der Waals surface area contributed by atoms with Gasteiger partial charge in [0.2, 0.25) is 0 Å². The fraction of sp³-hybridized carbons (Fsp3) is 0.250. The van der Waals surface area contributed by atoms with E-state index in [1.54, 1.807) is 11.8 Å². The highest BCUT2D eigenvalue weighted by atomic mass is 32.2.